The van der Waals surface area contributed by atoms with Gasteiger partial charge in [0.2, 0.25) is 5.88 Å². The molecule has 0 fully saturated rings. The Balaban J connectivity index is 2.36. The van der Waals surface area contributed by atoms with Gasteiger partial charge in [-0.15, -0.1) is 0 Å². The molecule has 0 amide bonds. The third-order valence-corrected chi connectivity index (χ3v) is 2.81. The molecule has 0 radical (unpaired) electrons. The maximum absolute atomic E-state index is 6.01. The lowest BCUT2D eigenvalue weighted by atomic mass is 10.2. The number of nitrogens with two attached hydrogens (primary N) is 1. The van der Waals surface area contributed by atoms with Crippen molar-refractivity contribution in [1.82, 2.24) is 9.78 Å². The highest BCUT2D eigenvalue weighted by molar-refractivity contribution is 5.54. The maximum atomic E-state index is 6.01. The van der Waals surface area contributed by atoms with Gasteiger partial charge in [0.05, 0.1) is 11.7 Å². The lowest BCUT2D eigenvalue weighted by molar-refractivity contribution is 0.389. The molecule has 1 aromatic heterocycles. The molecule has 0 aliphatic rings. The lowest BCUT2D eigenvalue weighted by Gasteiger charge is -2.12. The molecule has 2 aromatic rings. The van der Waals surface area contributed by atoms with Gasteiger partial charge >= 0.3 is 0 Å². The van der Waals surface area contributed by atoms with Crippen molar-refractivity contribution in [2.45, 2.75) is 33.7 Å². The second-order valence-electron chi connectivity index (χ2n) is 4.76. The van der Waals surface area contributed by atoms with E-state index >= 15 is 0 Å². The minimum atomic E-state index is 0.210. The van der Waals surface area contributed by atoms with Gasteiger partial charge in [-0.25, -0.2) is 4.68 Å². The standard InChI is InChI=1S/C14H19N3O/c1-9(2)17-14(13(15)11(4)16-17)18-12-7-5-10(3)6-8-12/h5-9H,15H2,1-4H3. The first-order valence-corrected chi connectivity index (χ1v) is 6.08. The molecule has 0 unspecified atom stereocenters. The molecule has 0 bridgehead atoms. The van der Waals surface area contributed by atoms with Crippen LogP contribution in [0.15, 0.2) is 24.3 Å². The first-order valence-electron chi connectivity index (χ1n) is 6.08. The summed E-state index contributed by atoms with van der Waals surface area (Å²) in [5.74, 6) is 1.39. The van der Waals surface area contributed by atoms with Crippen LogP contribution in [0.1, 0.15) is 31.1 Å². The molecule has 4 nitrogen and oxygen atoms in total. The van der Waals surface area contributed by atoms with Crippen LogP contribution in [0, 0.1) is 13.8 Å². The zero-order chi connectivity index (χ0) is 13.3. The highest BCUT2D eigenvalue weighted by Crippen LogP contribution is 2.32. The molecule has 0 aliphatic heterocycles. The van der Waals surface area contributed by atoms with Gasteiger partial charge in [-0.1, -0.05) is 17.7 Å². The van der Waals surface area contributed by atoms with Crippen molar-refractivity contribution in [1.29, 1.82) is 0 Å². The van der Waals surface area contributed by atoms with E-state index in [1.165, 1.54) is 5.56 Å². The number of rotatable bonds is 3. The molecular weight excluding hydrogens is 226 g/mol. The summed E-state index contributed by atoms with van der Waals surface area (Å²) in [5.41, 5.74) is 8.61. The molecule has 1 heterocycles. The zero-order valence-electron chi connectivity index (χ0n) is 11.3. The number of aromatic nitrogens is 2. The fourth-order valence-corrected chi connectivity index (χ4v) is 1.71. The van der Waals surface area contributed by atoms with Crippen LogP contribution in [-0.2, 0) is 0 Å². The van der Waals surface area contributed by atoms with E-state index in [2.05, 4.69) is 5.10 Å². The van der Waals surface area contributed by atoms with Gasteiger partial charge in [-0.2, -0.15) is 5.10 Å². The first-order chi connectivity index (χ1) is 8.49. The minimum absolute atomic E-state index is 0.210. The van der Waals surface area contributed by atoms with Crippen molar-refractivity contribution >= 4 is 5.69 Å². The summed E-state index contributed by atoms with van der Waals surface area (Å²) in [6, 6.07) is 8.09. The zero-order valence-corrected chi connectivity index (χ0v) is 11.3. The summed E-state index contributed by atoms with van der Waals surface area (Å²) in [4.78, 5) is 0. The van der Waals surface area contributed by atoms with Crippen LogP contribution < -0.4 is 10.5 Å². The van der Waals surface area contributed by atoms with Crippen LogP contribution in [0.2, 0.25) is 0 Å². The van der Waals surface area contributed by atoms with Crippen LogP contribution in [0.3, 0.4) is 0 Å². The van der Waals surface area contributed by atoms with Gasteiger partial charge in [-0.05, 0) is 39.8 Å². The fourth-order valence-electron chi connectivity index (χ4n) is 1.71. The SMILES string of the molecule is Cc1ccc(Oc2c(N)c(C)nn2C(C)C)cc1. The number of hydrogen-bond donors (Lipinski definition) is 1. The van der Waals surface area contributed by atoms with Crippen molar-refractivity contribution in [3.8, 4) is 11.6 Å². The van der Waals surface area contributed by atoms with Gasteiger partial charge in [0, 0.05) is 0 Å². The molecule has 1 aromatic carbocycles. The van der Waals surface area contributed by atoms with Crippen molar-refractivity contribution in [2.24, 2.45) is 0 Å². The number of nitrogen functional groups attached to an aromatic ring is 1. The Morgan fingerprint density at radius 3 is 2.33 bits per heavy atom. The number of ether oxygens (including phenoxy) is 1. The molecular formula is C14H19N3O. The number of anilines is 1. The predicted molar refractivity (Wildman–Crippen MR) is 73.0 cm³/mol. The van der Waals surface area contributed by atoms with Crippen molar-refractivity contribution < 1.29 is 4.74 Å². The molecule has 2 N–H and O–H groups in total. The Kier molecular flexibility index (Phi) is 3.28. The number of nitrogens with zero attached hydrogens (tertiary/aromatic N) is 2. The largest absolute Gasteiger partial charge is 0.437 e. The van der Waals surface area contributed by atoms with E-state index < -0.39 is 0 Å². The second-order valence-corrected chi connectivity index (χ2v) is 4.76. The summed E-state index contributed by atoms with van der Waals surface area (Å²) < 4.78 is 7.66. The van der Waals surface area contributed by atoms with Gasteiger partial charge < -0.3 is 10.5 Å². The van der Waals surface area contributed by atoms with Gasteiger partial charge in [-0.3, -0.25) is 0 Å². The summed E-state index contributed by atoms with van der Waals surface area (Å²) in [5, 5.41) is 4.39. The van der Waals surface area contributed by atoms with Crippen molar-refractivity contribution in [3.63, 3.8) is 0 Å². The average Bonchev–Trinajstić information content (AvgIpc) is 2.60. The topological polar surface area (TPSA) is 53.1 Å². The molecule has 4 heteroatoms. The highest BCUT2D eigenvalue weighted by Gasteiger charge is 2.16. The lowest BCUT2D eigenvalue weighted by Crippen LogP contribution is -2.05. The summed E-state index contributed by atoms with van der Waals surface area (Å²) in [6.07, 6.45) is 0. The van der Waals surface area contributed by atoms with E-state index in [9.17, 15) is 0 Å². The molecule has 0 atom stereocenters. The fraction of sp³-hybridized carbons (Fsp3) is 0.357. The number of aryl methyl sites for hydroxylation is 2. The highest BCUT2D eigenvalue weighted by atomic mass is 16.5. The normalized spacial score (nSPS) is 10.9. The molecule has 0 spiro atoms. The van der Waals surface area contributed by atoms with E-state index in [0.29, 0.717) is 11.6 Å². The van der Waals surface area contributed by atoms with E-state index in [-0.39, 0.29) is 6.04 Å². The summed E-state index contributed by atoms with van der Waals surface area (Å²) in [7, 11) is 0. The smallest absolute Gasteiger partial charge is 0.241 e. The monoisotopic (exact) mass is 245 g/mol. The van der Waals surface area contributed by atoms with Crippen molar-refractivity contribution in [2.75, 3.05) is 5.73 Å². The molecule has 0 saturated carbocycles. The van der Waals surface area contributed by atoms with Crippen molar-refractivity contribution in [3.05, 3.63) is 35.5 Å². The number of benzene rings is 1. The molecule has 2 rings (SSSR count). The molecule has 96 valence electrons. The van der Waals surface area contributed by atoms with E-state index in [1.807, 2.05) is 56.6 Å². The third kappa shape index (κ3) is 2.32. The quantitative estimate of drug-likeness (QED) is 0.901. The maximum Gasteiger partial charge on any atom is 0.241 e. The Hall–Kier alpha value is -1.97. The second kappa shape index (κ2) is 4.72. The van der Waals surface area contributed by atoms with Gasteiger partial charge in [0.25, 0.3) is 0 Å². The van der Waals surface area contributed by atoms with Crippen LogP contribution in [0.4, 0.5) is 5.69 Å². The average molecular weight is 245 g/mol. The molecule has 18 heavy (non-hydrogen) atoms. The van der Waals surface area contributed by atoms with Gasteiger partial charge in [0.1, 0.15) is 11.4 Å². The Morgan fingerprint density at radius 2 is 1.78 bits per heavy atom. The molecule has 0 aliphatic carbocycles. The van der Waals surface area contributed by atoms with E-state index in [4.69, 9.17) is 10.5 Å². The van der Waals surface area contributed by atoms with Gasteiger partial charge in [0.15, 0.2) is 0 Å². The predicted octanol–water partition coefficient (Wildman–Crippen LogP) is 3.46. The first kappa shape index (κ1) is 12.5. The Morgan fingerprint density at radius 1 is 1.17 bits per heavy atom. The minimum Gasteiger partial charge on any atom is -0.437 e. The van der Waals surface area contributed by atoms with E-state index in [1.54, 1.807) is 0 Å². The Labute approximate surface area is 107 Å². The third-order valence-electron chi connectivity index (χ3n) is 2.81. The Bertz CT molecular complexity index is 541. The summed E-state index contributed by atoms with van der Waals surface area (Å²) >= 11 is 0. The molecule has 0 saturated heterocycles. The number of hydrogen-bond acceptors (Lipinski definition) is 3. The van der Waals surface area contributed by atoms with Crippen LogP contribution in [0.25, 0.3) is 0 Å². The van der Waals surface area contributed by atoms with Crippen LogP contribution >= 0.6 is 0 Å². The van der Waals surface area contributed by atoms with Crippen LogP contribution in [-0.4, -0.2) is 9.78 Å². The van der Waals surface area contributed by atoms with E-state index in [0.717, 1.165) is 11.4 Å². The van der Waals surface area contributed by atoms with Crippen LogP contribution in [0.5, 0.6) is 11.6 Å². The summed E-state index contributed by atoms with van der Waals surface area (Å²) in [6.45, 7) is 8.03.